The number of aliphatic hydroxyl groups excluding tert-OH is 1. The van der Waals surface area contributed by atoms with Gasteiger partial charge < -0.3 is 25.4 Å². The molecule has 0 saturated carbocycles. The maximum Gasteiger partial charge on any atom is 0.408 e. The summed E-state index contributed by atoms with van der Waals surface area (Å²) in [5.74, 6) is -0.953. The molecule has 1 aromatic carbocycles. The summed E-state index contributed by atoms with van der Waals surface area (Å²) in [6.45, 7) is 14.2. The number of hydrogen-bond acceptors (Lipinski definition) is 5. The molecule has 0 aliphatic heterocycles. The van der Waals surface area contributed by atoms with E-state index in [1.807, 2.05) is 45.0 Å². The number of alkyl carbamates (subject to hydrolysis) is 1. The highest BCUT2D eigenvalue weighted by Gasteiger charge is 2.35. The van der Waals surface area contributed by atoms with Crippen molar-refractivity contribution in [1.82, 2.24) is 15.5 Å². The number of carbonyl (C=O) groups excluding carboxylic acids is 3. The lowest BCUT2D eigenvalue weighted by Gasteiger charge is -2.34. The van der Waals surface area contributed by atoms with Gasteiger partial charge in [0.1, 0.15) is 17.7 Å². The zero-order valence-corrected chi connectivity index (χ0v) is 21.4. The summed E-state index contributed by atoms with van der Waals surface area (Å²) in [5.41, 5.74) is 0.957. The van der Waals surface area contributed by atoms with Gasteiger partial charge in [-0.25, -0.2) is 4.79 Å². The number of aliphatic hydroxyl groups is 1. The third-order valence-corrected chi connectivity index (χ3v) is 5.15. The number of nitrogens with one attached hydrogen (secondary N) is 2. The summed E-state index contributed by atoms with van der Waals surface area (Å²) in [5, 5.41) is 15.3. The Morgan fingerprint density at radius 1 is 1.15 bits per heavy atom. The van der Waals surface area contributed by atoms with Crippen LogP contribution in [0, 0.1) is 0 Å². The molecule has 8 heteroatoms. The van der Waals surface area contributed by atoms with Gasteiger partial charge in [0, 0.05) is 12.6 Å². The molecule has 1 rings (SSSR count). The zero-order valence-electron chi connectivity index (χ0n) is 21.4. The van der Waals surface area contributed by atoms with Crippen LogP contribution in [0.3, 0.4) is 0 Å². The van der Waals surface area contributed by atoms with Crippen molar-refractivity contribution in [2.75, 3.05) is 13.2 Å². The minimum Gasteiger partial charge on any atom is -0.444 e. The number of ether oxygens (including phenoxy) is 1. The Morgan fingerprint density at radius 3 is 2.24 bits per heavy atom. The predicted molar refractivity (Wildman–Crippen MR) is 133 cm³/mol. The number of hydrogen-bond donors (Lipinski definition) is 3. The van der Waals surface area contributed by atoms with E-state index in [0.29, 0.717) is 5.56 Å². The van der Waals surface area contributed by atoms with Gasteiger partial charge in [0.25, 0.3) is 0 Å². The van der Waals surface area contributed by atoms with E-state index in [-0.39, 0.29) is 18.5 Å². The van der Waals surface area contributed by atoms with Crippen molar-refractivity contribution in [3.8, 4) is 0 Å². The molecule has 0 aliphatic carbocycles. The minimum atomic E-state index is -1.28. The first-order valence-corrected chi connectivity index (χ1v) is 11.9. The Bertz CT molecular complexity index is 817. The van der Waals surface area contributed by atoms with Gasteiger partial charge >= 0.3 is 6.09 Å². The summed E-state index contributed by atoms with van der Waals surface area (Å²) in [4.78, 5) is 40.5. The van der Waals surface area contributed by atoms with E-state index in [4.69, 9.17) is 4.74 Å². The van der Waals surface area contributed by atoms with E-state index in [0.717, 1.165) is 24.8 Å². The van der Waals surface area contributed by atoms with Crippen LogP contribution in [0.5, 0.6) is 0 Å². The van der Waals surface area contributed by atoms with Crippen molar-refractivity contribution in [3.05, 3.63) is 48.0 Å². The number of nitrogens with zero attached hydrogens (tertiary/aromatic N) is 1. The highest BCUT2D eigenvalue weighted by molar-refractivity contribution is 5.92. The van der Waals surface area contributed by atoms with Gasteiger partial charge in [-0.15, -0.1) is 6.58 Å². The van der Waals surface area contributed by atoms with Crippen molar-refractivity contribution in [2.24, 2.45) is 0 Å². The third-order valence-electron chi connectivity index (χ3n) is 5.15. The van der Waals surface area contributed by atoms with E-state index >= 15 is 0 Å². The van der Waals surface area contributed by atoms with E-state index in [2.05, 4.69) is 17.2 Å². The molecule has 0 heterocycles. The van der Waals surface area contributed by atoms with Crippen molar-refractivity contribution >= 4 is 17.9 Å². The van der Waals surface area contributed by atoms with Crippen molar-refractivity contribution in [3.63, 3.8) is 0 Å². The molecule has 190 valence electrons. The molecule has 0 radical (unpaired) electrons. The number of rotatable bonds is 12. The molecule has 3 atom stereocenters. The van der Waals surface area contributed by atoms with Gasteiger partial charge in [-0.1, -0.05) is 50.6 Å². The molecule has 3 amide bonds. The minimum absolute atomic E-state index is 0.0428. The Kier molecular flexibility index (Phi) is 11.8. The normalized spacial score (nSPS) is 13.9. The second-order valence-electron chi connectivity index (χ2n) is 9.36. The Hall–Kier alpha value is -2.87. The average molecular weight is 476 g/mol. The van der Waals surface area contributed by atoms with Crippen LogP contribution in [0.25, 0.3) is 0 Å². The number of benzene rings is 1. The second-order valence-corrected chi connectivity index (χ2v) is 9.36. The maximum atomic E-state index is 13.5. The van der Waals surface area contributed by atoms with Crippen LogP contribution >= 0.6 is 0 Å². The molecule has 3 unspecified atom stereocenters. The molecule has 8 nitrogen and oxygen atoms in total. The van der Waals surface area contributed by atoms with E-state index in [1.54, 1.807) is 20.8 Å². The van der Waals surface area contributed by atoms with Crippen LogP contribution in [0.1, 0.15) is 71.6 Å². The smallest absolute Gasteiger partial charge is 0.408 e. The van der Waals surface area contributed by atoms with E-state index in [1.165, 1.54) is 11.0 Å². The fourth-order valence-electron chi connectivity index (χ4n) is 3.53. The Morgan fingerprint density at radius 2 is 1.76 bits per heavy atom. The van der Waals surface area contributed by atoms with Crippen LogP contribution in [0.15, 0.2) is 36.9 Å². The first kappa shape index (κ1) is 29.2. The summed E-state index contributed by atoms with van der Waals surface area (Å²) in [6, 6.07) is 5.16. The average Bonchev–Trinajstić information content (AvgIpc) is 2.76. The molecular weight excluding hydrogens is 434 g/mol. The van der Waals surface area contributed by atoms with Crippen LogP contribution in [-0.4, -0.2) is 58.8 Å². The van der Waals surface area contributed by atoms with Crippen LogP contribution in [0.2, 0.25) is 0 Å². The SMILES string of the molecule is C=CCN(C(=O)C(CO)NC(=O)OC(C)(C)C)C(C(=O)NC(C)CCC)c1ccc(CC)cc1. The van der Waals surface area contributed by atoms with E-state index in [9.17, 15) is 19.5 Å². The summed E-state index contributed by atoms with van der Waals surface area (Å²) < 4.78 is 5.23. The van der Waals surface area contributed by atoms with Gasteiger partial charge in [-0.2, -0.15) is 0 Å². The quantitative estimate of drug-likeness (QED) is 0.401. The Balaban J connectivity index is 3.34. The van der Waals surface area contributed by atoms with Gasteiger partial charge in [0.2, 0.25) is 11.8 Å². The summed E-state index contributed by atoms with van der Waals surface area (Å²) in [6.07, 6.45) is 3.21. The summed E-state index contributed by atoms with van der Waals surface area (Å²) in [7, 11) is 0. The largest absolute Gasteiger partial charge is 0.444 e. The molecule has 0 spiro atoms. The summed E-state index contributed by atoms with van der Waals surface area (Å²) >= 11 is 0. The molecule has 1 aromatic rings. The highest BCUT2D eigenvalue weighted by Crippen LogP contribution is 2.24. The highest BCUT2D eigenvalue weighted by atomic mass is 16.6. The molecule has 0 bridgehead atoms. The van der Waals surface area contributed by atoms with Crippen molar-refractivity contribution in [1.29, 1.82) is 0 Å². The standard InChI is InChI=1S/C26H41N3O5/c1-8-11-18(4)27-23(31)22(20-14-12-19(10-3)13-15-20)29(16-9-2)24(32)21(17-30)28-25(33)34-26(5,6)7/h9,12-15,18,21-22,30H,2,8,10-11,16-17H2,1,3-7H3,(H,27,31)(H,28,33). The first-order valence-electron chi connectivity index (χ1n) is 11.9. The fourth-order valence-corrected chi connectivity index (χ4v) is 3.53. The second kappa shape index (κ2) is 13.7. The van der Waals surface area contributed by atoms with Crippen LogP contribution < -0.4 is 10.6 Å². The van der Waals surface area contributed by atoms with Crippen molar-refractivity contribution in [2.45, 2.75) is 84.5 Å². The Labute approximate surface area is 203 Å². The number of amides is 3. The molecule has 0 aromatic heterocycles. The molecule has 34 heavy (non-hydrogen) atoms. The lowest BCUT2D eigenvalue weighted by Crippen LogP contribution is -2.54. The molecule has 3 N–H and O–H groups in total. The van der Waals surface area contributed by atoms with E-state index < -0.39 is 36.3 Å². The molecule has 0 aliphatic rings. The molecule has 0 saturated heterocycles. The van der Waals surface area contributed by atoms with Gasteiger partial charge in [0.15, 0.2) is 0 Å². The fraction of sp³-hybridized carbons (Fsp3) is 0.577. The van der Waals surface area contributed by atoms with Gasteiger partial charge in [0.05, 0.1) is 6.61 Å². The lowest BCUT2D eigenvalue weighted by atomic mass is 10.00. The zero-order chi connectivity index (χ0) is 25.9. The number of aryl methyl sites for hydroxylation is 1. The van der Waals surface area contributed by atoms with Gasteiger partial charge in [-0.05, 0) is 51.7 Å². The molecule has 0 fully saturated rings. The maximum absolute atomic E-state index is 13.5. The van der Waals surface area contributed by atoms with Crippen LogP contribution in [-0.2, 0) is 20.7 Å². The number of carbonyl (C=O) groups is 3. The third kappa shape index (κ3) is 9.17. The predicted octanol–water partition coefficient (Wildman–Crippen LogP) is 3.50. The monoisotopic (exact) mass is 475 g/mol. The van der Waals surface area contributed by atoms with Crippen molar-refractivity contribution < 1.29 is 24.2 Å². The topological polar surface area (TPSA) is 108 Å². The lowest BCUT2D eigenvalue weighted by molar-refractivity contribution is -0.142. The first-order chi connectivity index (χ1) is 16.0. The molecular formula is C26H41N3O5. The van der Waals surface area contributed by atoms with Crippen LogP contribution in [0.4, 0.5) is 4.79 Å². The van der Waals surface area contributed by atoms with Gasteiger partial charge in [-0.3, -0.25) is 9.59 Å².